The molecule has 21 heavy (non-hydrogen) atoms. The number of halogens is 1. The van der Waals surface area contributed by atoms with Gasteiger partial charge in [-0.2, -0.15) is 0 Å². The van der Waals surface area contributed by atoms with Crippen LogP contribution in [-0.4, -0.2) is 30.3 Å². The quantitative estimate of drug-likeness (QED) is 0.819. The van der Waals surface area contributed by atoms with E-state index in [-0.39, 0.29) is 12.2 Å². The van der Waals surface area contributed by atoms with Crippen molar-refractivity contribution >= 4 is 21.7 Å². The molecule has 2 aromatic rings. The topological polar surface area (TPSA) is 38.5 Å². The van der Waals surface area contributed by atoms with Crippen molar-refractivity contribution in [1.29, 1.82) is 0 Å². The third kappa shape index (κ3) is 2.99. The van der Waals surface area contributed by atoms with Gasteiger partial charge in [0.2, 0.25) is 0 Å². The molecule has 112 valence electrons. The lowest BCUT2D eigenvalue weighted by molar-refractivity contribution is -0.00545. The Morgan fingerprint density at radius 2 is 1.90 bits per heavy atom. The molecule has 2 atom stereocenters. The van der Waals surface area contributed by atoms with Gasteiger partial charge in [-0.25, -0.2) is 4.98 Å². The summed E-state index contributed by atoms with van der Waals surface area (Å²) in [6.07, 6.45) is 2.14. The fourth-order valence-corrected chi connectivity index (χ4v) is 3.23. The van der Waals surface area contributed by atoms with Gasteiger partial charge in [-0.05, 0) is 54.9 Å². The molecule has 0 N–H and O–H groups in total. The molecule has 4 nitrogen and oxygen atoms in total. The Bertz CT molecular complexity index is 631. The third-order valence-corrected chi connectivity index (χ3v) is 4.33. The van der Waals surface area contributed by atoms with Gasteiger partial charge in [0.25, 0.3) is 0 Å². The van der Waals surface area contributed by atoms with Crippen molar-refractivity contribution in [3.05, 3.63) is 34.7 Å². The average molecular weight is 351 g/mol. The Kier molecular flexibility index (Phi) is 4.04. The molecule has 0 spiro atoms. The summed E-state index contributed by atoms with van der Waals surface area (Å²) in [4.78, 5) is 7.11. The van der Waals surface area contributed by atoms with E-state index < -0.39 is 0 Å². The van der Waals surface area contributed by atoms with Gasteiger partial charge in [-0.1, -0.05) is 0 Å². The number of pyridine rings is 1. The Hall–Kier alpha value is -1.33. The molecule has 0 aliphatic carbocycles. The zero-order chi connectivity index (χ0) is 15.0. The minimum Gasteiger partial charge on any atom is -0.469 e. The molecule has 5 heteroatoms. The van der Waals surface area contributed by atoms with Crippen LogP contribution in [0.5, 0.6) is 0 Å². The largest absolute Gasteiger partial charge is 0.469 e. The van der Waals surface area contributed by atoms with Gasteiger partial charge in [0, 0.05) is 23.1 Å². The minimum atomic E-state index is 0.221. The summed E-state index contributed by atoms with van der Waals surface area (Å²) in [6, 6.07) is 6.05. The lowest BCUT2D eigenvalue weighted by Gasteiger charge is -2.36. The van der Waals surface area contributed by atoms with Crippen LogP contribution in [0.15, 0.2) is 33.4 Å². The summed E-state index contributed by atoms with van der Waals surface area (Å²) < 4.78 is 12.2. The first kappa shape index (κ1) is 14.6. The number of nitrogens with zero attached hydrogens (tertiary/aromatic N) is 2. The molecule has 1 fully saturated rings. The SMILES string of the molecule is Cc1occc1-c1nc(N2CC(C)OC(C)C2)ccc1Br. The standard InChI is InChI=1S/C16H19BrN2O2/c1-10-8-19(9-11(2)21-10)15-5-4-14(17)16(18-15)13-6-7-20-12(13)3/h4-7,10-11H,8-9H2,1-3H3. The second kappa shape index (κ2) is 5.81. The highest BCUT2D eigenvalue weighted by Crippen LogP contribution is 2.32. The number of furan rings is 1. The van der Waals surface area contributed by atoms with E-state index in [9.17, 15) is 0 Å². The van der Waals surface area contributed by atoms with Gasteiger partial charge in [0.15, 0.2) is 0 Å². The Morgan fingerprint density at radius 3 is 2.52 bits per heavy atom. The molecule has 2 aromatic heterocycles. The molecule has 1 aliphatic rings. The molecule has 0 bridgehead atoms. The van der Waals surface area contributed by atoms with E-state index >= 15 is 0 Å². The van der Waals surface area contributed by atoms with Crippen LogP contribution in [-0.2, 0) is 4.74 Å². The normalized spacial score (nSPS) is 22.6. The zero-order valence-electron chi connectivity index (χ0n) is 12.5. The summed E-state index contributed by atoms with van der Waals surface area (Å²) in [7, 11) is 0. The number of aryl methyl sites for hydroxylation is 1. The maximum atomic E-state index is 5.79. The van der Waals surface area contributed by atoms with Gasteiger partial charge in [0.1, 0.15) is 11.6 Å². The first-order valence-electron chi connectivity index (χ1n) is 7.16. The summed E-state index contributed by atoms with van der Waals surface area (Å²) in [5, 5.41) is 0. The molecule has 0 aromatic carbocycles. The van der Waals surface area contributed by atoms with E-state index in [4.69, 9.17) is 14.1 Å². The molecular weight excluding hydrogens is 332 g/mol. The van der Waals surface area contributed by atoms with E-state index in [0.717, 1.165) is 40.4 Å². The van der Waals surface area contributed by atoms with E-state index in [1.165, 1.54) is 0 Å². The number of aromatic nitrogens is 1. The van der Waals surface area contributed by atoms with Crippen LogP contribution in [0.2, 0.25) is 0 Å². The molecule has 0 amide bonds. The van der Waals surface area contributed by atoms with Crippen LogP contribution in [0.1, 0.15) is 19.6 Å². The molecule has 1 aliphatic heterocycles. The first-order valence-corrected chi connectivity index (χ1v) is 7.95. The fourth-order valence-electron chi connectivity index (χ4n) is 2.79. The summed E-state index contributed by atoms with van der Waals surface area (Å²) in [5.41, 5.74) is 1.95. The van der Waals surface area contributed by atoms with E-state index in [0.29, 0.717) is 0 Å². The Morgan fingerprint density at radius 1 is 1.19 bits per heavy atom. The lowest BCUT2D eigenvalue weighted by atomic mass is 10.1. The van der Waals surface area contributed by atoms with Crippen LogP contribution >= 0.6 is 15.9 Å². The Balaban J connectivity index is 1.96. The second-order valence-corrected chi connectivity index (χ2v) is 6.41. The van der Waals surface area contributed by atoms with Gasteiger partial charge < -0.3 is 14.1 Å². The van der Waals surface area contributed by atoms with E-state index in [1.807, 2.05) is 19.1 Å². The molecule has 2 unspecified atom stereocenters. The smallest absolute Gasteiger partial charge is 0.129 e. The zero-order valence-corrected chi connectivity index (χ0v) is 14.1. The lowest BCUT2D eigenvalue weighted by Crippen LogP contribution is -2.45. The number of hydrogen-bond donors (Lipinski definition) is 0. The van der Waals surface area contributed by atoms with E-state index in [2.05, 4.69) is 40.7 Å². The molecule has 0 radical (unpaired) electrons. The number of anilines is 1. The number of morpholine rings is 1. The summed E-state index contributed by atoms with van der Waals surface area (Å²) in [6.45, 7) is 7.88. The van der Waals surface area contributed by atoms with Crippen molar-refractivity contribution in [3.8, 4) is 11.3 Å². The summed E-state index contributed by atoms with van der Waals surface area (Å²) >= 11 is 3.59. The van der Waals surface area contributed by atoms with Crippen LogP contribution in [0.25, 0.3) is 11.3 Å². The van der Waals surface area contributed by atoms with Crippen molar-refractivity contribution < 1.29 is 9.15 Å². The maximum Gasteiger partial charge on any atom is 0.129 e. The highest BCUT2D eigenvalue weighted by Gasteiger charge is 2.24. The van der Waals surface area contributed by atoms with Crippen LogP contribution < -0.4 is 4.90 Å². The summed E-state index contributed by atoms with van der Waals surface area (Å²) in [5.74, 6) is 1.86. The number of hydrogen-bond acceptors (Lipinski definition) is 4. The van der Waals surface area contributed by atoms with Gasteiger partial charge >= 0.3 is 0 Å². The third-order valence-electron chi connectivity index (χ3n) is 3.69. The second-order valence-electron chi connectivity index (χ2n) is 5.55. The molecular formula is C16H19BrN2O2. The average Bonchev–Trinajstić information content (AvgIpc) is 2.84. The number of rotatable bonds is 2. The highest BCUT2D eigenvalue weighted by molar-refractivity contribution is 9.10. The van der Waals surface area contributed by atoms with Crippen molar-refractivity contribution in [3.63, 3.8) is 0 Å². The minimum absolute atomic E-state index is 0.221. The predicted octanol–water partition coefficient (Wildman–Crippen LogP) is 4.03. The van der Waals surface area contributed by atoms with E-state index in [1.54, 1.807) is 6.26 Å². The van der Waals surface area contributed by atoms with Gasteiger partial charge in [0.05, 0.1) is 24.2 Å². The predicted molar refractivity (Wildman–Crippen MR) is 86.6 cm³/mol. The van der Waals surface area contributed by atoms with Crippen molar-refractivity contribution in [1.82, 2.24) is 4.98 Å². The fraction of sp³-hybridized carbons (Fsp3) is 0.438. The van der Waals surface area contributed by atoms with Gasteiger partial charge in [-0.3, -0.25) is 0 Å². The highest BCUT2D eigenvalue weighted by atomic mass is 79.9. The monoisotopic (exact) mass is 350 g/mol. The van der Waals surface area contributed by atoms with Crippen molar-refractivity contribution in [2.24, 2.45) is 0 Å². The first-order chi connectivity index (χ1) is 10.0. The Labute approximate surface area is 133 Å². The van der Waals surface area contributed by atoms with Gasteiger partial charge in [-0.15, -0.1) is 0 Å². The molecule has 3 heterocycles. The van der Waals surface area contributed by atoms with Crippen molar-refractivity contribution in [2.45, 2.75) is 33.0 Å². The molecule has 3 rings (SSSR count). The molecule has 1 saturated heterocycles. The number of ether oxygens (including phenoxy) is 1. The maximum absolute atomic E-state index is 5.79. The van der Waals surface area contributed by atoms with Crippen molar-refractivity contribution in [2.75, 3.05) is 18.0 Å². The molecule has 0 saturated carbocycles. The van der Waals surface area contributed by atoms with Crippen LogP contribution in [0.3, 0.4) is 0 Å². The van der Waals surface area contributed by atoms with Crippen LogP contribution in [0, 0.1) is 6.92 Å². The van der Waals surface area contributed by atoms with Crippen LogP contribution in [0.4, 0.5) is 5.82 Å².